The van der Waals surface area contributed by atoms with Gasteiger partial charge in [0.25, 0.3) is 0 Å². The third-order valence-corrected chi connectivity index (χ3v) is 2.66. The van der Waals surface area contributed by atoms with Crippen LogP contribution in [0.5, 0.6) is 5.75 Å². The Balaban J connectivity index is 2.05. The van der Waals surface area contributed by atoms with Gasteiger partial charge in [0.05, 0.1) is 13.1 Å². The van der Waals surface area contributed by atoms with Crippen molar-refractivity contribution in [3.8, 4) is 5.75 Å². The van der Waals surface area contributed by atoms with Crippen molar-refractivity contribution >= 4 is 5.91 Å². The summed E-state index contributed by atoms with van der Waals surface area (Å²) < 4.78 is 5.47. The zero-order valence-corrected chi connectivity index (χ0v) is 11.1. The van der Waals surface area contributed by atoms with Gasteiger partial charge in [-0.1, -0.05) is 25.1 Å². The van der Waals surface area contributed by atoms with Gasteiger partial charge in [0.1, 0.15) is 12.4 Å². The molecule has 1 atom stereocenters. The van der Waals surface area contributed by atoms with E-state index in [0.29, 0.717) is 25.7 Å². The van der Waals surface area contributed by atoms with Crippen molar-refractivity contribution < 1.29 is 9.53 Å². The summed E-state index contributed by atoms with van der Waals surface area (Å²) in [5.41, 5.74) is 0. The molecule has 0 aliphatic rings. The topological polar surface area (TPSA) is 50.4 Å². The Kier molecular flexibility index (Phi) is 6.87. The molecule has 0 radical (unpaired) electrons. The zero-order chi connectivity index (χ0) is 13.2. The summed E-state index contributed by atoms with van der Waals surface area (Å²) in [6.07, 6.45) is 1.02. The summed E-state index contributed by atoms with van der Waals surface area (Å²) in [6.45, 7) is 5.52. The van der Waals surface area contributed by atoms with E-state index < -0.39 is 0 Å². The van der Waals surface area contributed by atoms with Crippen molar-refractivity contribution in [3.05, 3.63) is 30.3 Å². The minimum absolute atomic E-state index is 0.00645. The van der Waals surface area contributed by atoms with Crippen molar-refractivity contribution in [2.75, 3.05) is 19.7 Å². The lowest BCUT2D eigenvalue weighted by molar-refractivity contribution is -0.120. The van der Waals surface area contributed by atoms with Gasteiger partial charge in [0.2, 0.25) is 5.91 Å². The number of carbonyl (C=O) groups excluding carboxylic acids is 1. The molecule has 0 bridgehead atoms. The highest BCUT2D eigenvalue weighted by Gasteiger charge is 2.02. The van der Waals surface area contributed by atoms with Crippen molar-refractivity contribution in [2.45, 2.75) is 26.3 Å². The second-order valence-corrected chi connectivity index (χ2v) is 4.20. The van der Waals surface area contributed by atoms with Gasteiger partial charge in [-0.3, -0.25) is 4.79 Å². The molecule has 0 heterocycles. The maximum Gasteiger partial charge on any atom is 0.234 e. The molecule has 18 heavy (non-hydrogen) atoms. The van der Waals surface area contributed by atoms with Gasteiger partial charge < -0.3 is 15.4 Å². The SMILES string of the molecule is CCC(C)NCC(=O)NCCOc1ccccc1. The van der Waals surface area contributed by atoms with Crippen LogP contribution < -0.4 is 15.4 Å². The standard InChI is InChI=1S/C14H22N2O2/c1-3-12(2)16-11-14(17)15-9-10-18-13-7-5-4-6-8-13/h4-8,12,16H,3,9-11H2,1-2H3,(H,15,17). The van der Waals surface area contributed by atoms with Gasteiger partial charge in [0, 0.05) is 6.04 Å². The first-order chi connectivity index (χ1) is 8.72. The molecule has 1 amide bonds. The number of nitrogens with one attached hydrogen (secondary N) is 2. The first-order valence-electron chi connectivity index (χ1n) is 6.40. The Bertz CT molecular complexity index is 341. The molecule has 0 aliphatic heterocycles. The van der Waals surface area contributed by atoms with Crippen LogP contribution in [0, 0.1) is 0 Å². The number of amides is 1. The highest BCUT2D eigenvalue weighted by molar-refractivity contribution is 5.77. The summed E-state index contributed by atoms with van der Waals surface area (Å²) >= 11 is 0. The maximum atomic E-state index is 11.4. The van der Waals surface area contributed by atoms with E-state index in [9.17, 15) is 4.79 Å². The molecule has 4 nitrogen and oxygen atoms in total. The van der Waals surface area contributed by atoms with Crippen LogP contribution in [0.15, 0.2) is 30.3 Å². The molecule has 100 valence electrons. The second kappa shape index (κ2) is 8.53. The quantitative estimate of drug-likeness (QED) is 0.689. The van der Waals surface area contributed by atoms with E-state index in [1.54, 1.807) is 0 Å². The molecule has 4 heteroatoms. The van der Waals surface area contributed by atoms with Gasteiger partial charge in [-0.25, -0.2) is 0 Å². The second-order valence-electron chi connectivity index (χ2n) is 4.20. The number of hydrogen-bond donors (Lipinski definition) is 2. The van der Waals surface area contributed by atoms with Gasteiger partial charge in [-0.15, -0.1) is 0 Å². The molecular weight excluding hydrogens is 228 g/mol. The molecular formula is C14H22N2O2. The highest BCUT2D eigenvalue weighted by Crippen LogP contribution is 2.07. The minimum Gasteiger partial charge on any atom is -0.492 e. The van der Waals surface area contributed by atoms with Crippen LogP contribution in [-0.4, -0.2) is 31.6 Å². The largest absolute Gasteiger partial charge is 0.492 e. The van der Waals surface area contributed by atoms with Crippen LogP contribution in [0.4, 0.5) is 0 Å². The van der Waals surface area contributed by atoms with Gasteiger partial charge in [0.15, 0.2) is 0 Å². The fourth-order valence-electron chi connectivity index (χ4n) is 1.35. The molecule has 0 saturated carbocycles. The monoisotopic (exact) mass is 250 g/mol. The van der Waals surface area contributed by atoms with Crippen LogP contribution in [0.25, 0.3) is 0 Å². The van der Waals surface area contributed by atoms with E-state index >= 15 is 0 Å². The predicted octanol–water partition coefficient (Wildman–Crippen LogP) is 1.57. The van der Waals surface area contributed by atoms with E-state index in [2.05, 4.69) is 24.5 Å². The molecule has 0 saturated heterocycles. The van der Waals surface area contributed by atoms with E-state index in [1.807, 2.05) is 30.3 Å². The summed E-state index contributed by atoms with van der Waals surface area (Å²) in [5, 5.41) is 5.94. The normalized spacial score (nSPS) is 11.9. The lowest BCUT2D eigenvalue weighted by Crippen LogP contribution is -2.39. The Labute approximate surface area is 109 Å². The molecule has 1 aromatic rings. The Morgan fingerprint density at radius 3 is 2.72 bits per heavy atom. The molecule has 0 spiro atoms. The number of benzene rings is 1. The number of para-hydroxylation sites is 1. The molecule has 1 rings (SSSR count). The van der Waals surface area contributed by atoms with Crippen molar-refractivity contribution in [2.24, 2.45) is 0 Å². The Hall–Kier alpha value is -1.55. The highest BCUT2D eigenvalue weighted by atomic mass is 16.5. The lowest BCUT2D eigenvalue weighted by Gasteiger charge is -2.11. The lowest BCUT2D eigenvalue weighted by atomic mass is 10.2. The maximum absolute atomic E-state index is 11.4. The van der Waals surface area contributed by atoms with E-state index in [-0.39, 0.29) is 5.91 Å². The summed E-state index contributed by atoms with van der Waals surface area (Å²) in [6, 6.07) is 9.94. The summed E-state index contributed by atoms with van der Waals surface area (Å²) in [4.78, 5) is 11.4. The van der Waals surface area contributed by atoms with Crippen LogP contribution in [-0.2, 0) is 4.79 Å². The van der Waals surface area contributed by atoms with Crippen molar-refractivity contribution in [1.29, 1.82) is 0 Å². The summed E-state index contributed by atoms with van der Waals surface area (Å²) in [5.74, 6) is 0.830. The molecule has 0 aromatic heterocycles. The fraction of sp³-hybridized carbons (Fsp3) is 0.500. The first kappa shape index (κ1) is 14.5. The van der Waals surface area contributed by atoms with Crippen molar-refractivity contribution in [1.82, 2.24) is 10.6 Å². The first-order valence-corrected chi connectivity index (χ1v) is 6.40. The third-order valence-electron chi connectivity index (χ3n) is 2.66. The van der Waals surface area contributed by atoms with Crippen LogP contribution >= 0.6 is 0 Å². The average Bonchev–Trinajstić information content (AvgIpc) is 2.42. The number of rotatable bonds is 8. The Morgan fingerprint density at radius 1 is 1.33 bits per heavy atom. The average molecular weight is 250 g/mol. The molecule has 1 unspecified atom stereocenters. The minimum atomic E-state index is 0.00645. The van der Waals surface area contributed by atoms with Gasteiger partial charge in [-0.2, -0.15) is 0 Å². The van der Waals surface area contributed by atoms with E-state index in [1.165, 1.54) is 0 Å². The molecule has 2 N–H and O–H groups in total. The molecule has 1 aromatic carbocycles. The fourth-order valence-corrected chi connectivity index (χ4v) is 1.35. The zero-order valence-electron chi connectivity index (χ0n) is 11.1. The number of carbonyl (C=O) groups is 1. The molecule has 0 aliphatic carbocycles. The number of hydrogen-bond acceptors (Lipinski definition) is 3. The summed E-state index contributed by atoms with van der Waals surface area (Å²) in [7, 11) is 0. The van der Waals surface area contributed by atoms with Gasteiger partial charge >= 0.3 is 0 Å². The number of ether oxygens (including phenoxy) is 1. The van der Waals surface area contributed by atoms with E-state index in [4.69, 9.17) is 4.74 Å². The van der Waals surface area contributed by atoms with Crippen LogP contribution in [0.2, 0.25) is 0 Å². The van der Waals surface area contributed by atoms with Crippen molar-refractivity contribution in [3.63, 3.8) is 0 Å². The van der Waals surface area contributed by atoms with Crippen LogP contribution in [0.3, 0.4) is 0 Å². The third kappa shape index (κ3) is 6.25. The predicted molar refractivity (Wildman–Crippen MR) is 72.7 cm³/mol. The smallest absolute Gasteiger partial charge is 0.234 e. The Morgan fingerprint density at radius 2 is 2.06 bits per heavy atom. The van der Waals surface area contributed by atoms with E-state index in [0.717, 1.165) is 12.2 Å². The van der Waals surface area contributed by atoms with Crippen LogP contribution in [0.1, 0.15) is 20.3 Å². The van der Waals surface area contributed by atoms with Gasteiger partial charge in [-0.05, 0) is 25.5 Å². The molecule has 0 fully saturated rings.